The number of benzene rings is 3. The Balaban J connectivity index is 1.32. The summed E-state index contributed by atoms with van der Waals surface area (Å²) in [7, 11) is 1.61. The molecule has 0 saturated carbocycles. The molecule has 31 heavy (non-hydrogen) atoms. The lowest BCUT2D eigenvalue weighted by Crippen LogP contribution is -2.20. The van der Waals surface area contributed by atoms with Crippen molar-refractivity contribution >= 4 is 11.6 Å². The van der Waals surface area contributed by atoms with Gasteiger partial charge in [-0.15, -0.1) is 0 Å². The number of anilines is 1. The molecule has 0 saturated heterocycles. The Kier molecular flexibility index (Phi) is 5.89. The second kappa shape index (κ2) is 9.09. The summed E-state index contributed by atoms with van der Waals surface area (Å²) in [5.41, 5.74) is 4.24. The van der Waals surface area contributed by atoms with Crippen molar-refractivity contribution in [3.63, 3.8) is 0 Å². The molecule has 0 aliphatic heterocycles. The number of carbonyl (C=O) groups is 1. The Labute approximate surface area is 179 Å². The van der Waals surface area contributed by atoms with E-state index in [1.54, 1.807) is 25.2 Å². The quantitative estimate of drug-likeness (QED) is 0.518. The summed E-state index contributed by atoms with van der Waals surface area (Å²) in [5.74, 6) is 0.381. The summed E-state index contributed by atoms with van der Waals surface area (Å²) < 4.78 is 6.88. The first kappa shape index (κ1) is 20.1. The number of amides is 1. The van der Waals surface area contributed by atoms with Crippen molar-refractivity contribution in [1.82, 2.24) is 9.78 Å². The molecule has 1 heterocycles. The van der Waals surface area contributed by atoms with E-state index in [9.17, 15) is 9.59 Å². The molecule has 3 aromatic carbocycles. The van der Waals surface area contributed by atoms with Crippen molar-refractivity contribution in [2.75, 3.05) is 11.9 Å². The van der Waals surface area contributed by atoms with Gasteiger partial charge in [0.2, 0.25) is 0 Å². The Morgan fingerprint density at radius 3 is 2.16 bits per heavy atom. The minimum atomic E-state index is -0.250. The third-order valence-corrected chi connectivity index (χ3v) is 4.76. The fourth-order valence-electron chi connectivity index (χ4n) is 3.10. The molecule has 0 unspecified atom stereocenters. The van der Waals surface area contributed by atoms with Gasteiger partial charge in [0.1, 0.15) is 5.75 Å². The second-order valence-electron chi connectivity index (χ2n) is 6.99. The summed E-state index contributed by atoms with van der Waals surface area (Å²) >= 11 is 0. The van der Waals surface area contributed by atoms with E-state index in [0.717, 1.165) is 16.7 Å². The van der Waals surface area contributed by atoms with Crippen LogP contribution in [-0.2, 0) is 11.8 Å². The number of rotatable bonds is 6. The van der Waals surface area contributed by atoms with Gasteiger partial charge in [0.05, 0.1) is 5.69 Å². The molecule has 4 rings (SSSR count). The monoisotopic (exact) mass is 411 g/mol. The average molecular weight is 411 g/mol. The molecule has 0 fully saturated rings. The Hall–Kier alpha value is -4.19. The number of carbonyl (C=O) groups excluding carboxylic acids is 1. The largest absolute Gasteiger partial charge is 0.484 e. The molecule has 1 N–H and O–H groups in total. The van der Waals surface area contributed by atoms with E-state index in [0.29, 0.717) is 17.1 Å². The third kappa shape index (κ3) is 5.05. The predicted octanol–water partition coefficient (Wildman–Crippen LogP) is 4.13. The maximum Gasteiger partial charge on any atom is 0.266 e. The smallest absolute Gasteiger partial charge is 0.266 e. The molecular weight excluding hydrogens is 390 g/mol. The van der Waals surface area contributed by atoms with Gasteiger partial charge in [-0.2, -0.15) is 5.10 Å². The fourth-order valence-corrected chi connectivity index (χ4v) is 3.10. The average Bonchev–Trinajstić information content (AvgIpc) is 2.81. The van der Waals surface area contributed by atoms with Crippen LogP contribution in [0.2, 0.25) is 0 Å². The number of aryl methyl sites for hydroxylation is 1. The van der Waals surface area contributed by atoms with E-state index in [-0.39, 0.29) is 18.1 Å². The van der Waals surface area contributed by atoms with Gasteiger partial charge < -0.3 is 10.1 Å². The summed E-state index contributed by atoms with van der Waals surface area (Å²) in [6, 6.07) is 28.1. The summed E-state index contributed by atoms with van der Waals surface area (Å²) in [4.78, 5) is 23.7. The minimum absolute atomic E-state index is 0.0885. The lowest BCUT2D eigenvalue weighted by molar-refractivity contribution is -0.118. The highest BCUT2D eigenvalue weighted by molar-refractivity contribution is 5.92. The molecule has 1 amide bonds. The van der Waals surface area contributed by atoms with Crippen LogP contribution in [0.25, 0.3) is 22.4 Å². The lowest BCUT2D eigenvalue weighted by atomic mass is 10.1. The van der Waals surface area contributed by atoms with Gasteiger partial charge in [0, 0.05) is 24.4 Å². The van der Waals surface area contributed by atoms with Gasteiger partial charge in [0.15, 0.2) is 6.61 Å². The molecule has 0 bridgehead atoms. The standard InChI is InChI=1S/C25H21N3O3/c1-28-25(30)16-15-23(27-28)20-7-11-21(12-8-20)26-24(29)17-31-22-13-9-19(10-14-22)18-5-3-2-4-6-18/h2-16H,17H2,1H3,(H,26,29). The van der Waals surface area contributed by atoms with Crippen LogP contribution in [0.5, 0.6) is 5.75 Å². The second-order valence-corrected chi connectivity index (χ2v) is 6.99. The molecule has 0 spiro atoms. The number of ether oxygens (including phenoxy) is 1. The molecule has 1 aromatic heterocycles. The van der Waals surface area contributed by atoms with Crippen molar-refractivity contribution < 1.29 is 9.53 Å². The first-order chi connectivity index (χ1) is 15.1. The molecule has 154 valence electrons. The summed E-state index contributed by atoms with van der Waals surface area (Å²) in [6.45, 7) is -0.0885. The molecule has 6 heteroatoms. The highest BCUT2D eigenvalue weighted by Crippen LogP contribution is 2.22. The van der Waals surface area contributed by atoms with Crippen molar-refractivity contribution in [2.45, 2.75) is 0 Å². The number of aromatic nitrogens is 2. The van der Waals surface area contributed by atoms with Crippen LogP contribution in [0.15, 0.2) is 95.8 Å². The van der Waals surface area contributed by atoms with Crippen molar-refractivity contribution in [3.05, 3.63) is 101 Å². The lowest BCUT2D eigenvalue weighted by Gasteiger charge is -2.09. The van der Waals surface area contributed by atoms with Crippen LogP contribution in [0.3, 0.4) is 0 Å². The normalized spacial score (nSPS) is 10.5. The van der Waals surface area contributed by atoms with Gasteiger partial charge in [-0.1, -0.05) is 54.6 Å². The van der Waals surface area contributed by atoms with E-state index in [1.165, 1.54) is 10.7 Å². The van der Waals surface area contributed by atoms with Gasteiger partial charge in [-0.25, -0.2) is 4.68 Å². The summed E-state index contributed by atoms with van der Waals surface area (Å²) in [6.07, 6.45) is 0. The van der Waals surface area contributed by atoms with Crippen molar-refractivity contribution in [3.8, 4) is 28.1 Å². The van der Waals surface area contributed by atoms with E-state index < -0.39 is 0 Å². The molecular formula is C25H21N3O3. The molecule has 6 nitrogen and oxygen atoms in total. The van der Waals surface area contributed by atoms with E-state index in [2.05, 4.69) is 10.4 Å². The molecule has 0 atom stereocenters. The maximum atomic E-state index is 12.2. The van der Waals surface area contributed by atoms with Crippen LogP contribution in [0.4, 0.5) is 5.69 Å². The number of hydrogen-bond donors (Lipinski definition) is 1. The van der Waals surface area contributed by atoms with Crippen LogP contribution < -0.4 is 15.6 Å². The first-order valence-corrected chi connectivity index (χ1v) is 9.81. The molecule has 0 radical (unpaired) electrons. The van der Waals surface area contributed by atoms with Crippen LogP contribution in [-0.4, -0.2) is 22.3 Å². The van der Waals surface area contributed by atoms with E-state index in [1.807, 2.05) is 66.7 Å². The maximum absolute atomic E-state index is 12.2. The molecule has 0 aliphatic rings. The zero-order chi connectivity index (χ0) is 21.6. The number of nitrogens with one attached hydrogen (secondary N) is 1. The Morgan fingerprint density at radius 2 is 1.48 bits per heavy atom. The van der Waals surface area contributed by atoms with Crippen LogP contribution in [0, 0.1) is 0 Å². The Bertz CT molecular complexity index is 1230. The fraction of sp³-hybridized carbons (Fsp3) is 0.0800. The summed E-state index contributed by atoms with van der Waals surface area (Å²) in [5, 5.41) is 7.03. The van der Waals surface area contributed by atoms with Crippen molar-refractivity contribution in [2.24, 2.45) is 7.05 Å². The van der Waals surface area contributed by atoms with Gasteiger partial charge in [0.25, 0.3) is 11.5 Å². The third-order valence-electron chi connectivity index (χ3n) is 4.76. The van der Waals surface area contributed by atoms with Gasteiger partial charge >= 0.3 is 0 Å². The van der Waals surface area contributed by atoms with Gasteiger partial charge in [-0.05, 0) is 41.5 Å². The highest BCUT2D eigenvalue weighted by Gasteiger charge is 2.06. The topological polar surface area (TPSA) is 73.2 Å². The highest BCUT2D eigenvalue weighted by atomic mass is 16.5. The van der Waals surface area contributed by atoms with Crippen LogP contribution >= 0.6 is 0 Å². The number of hydrogen-bond acceptors (Lipinski definition) is 4. The predicted molar refractivity (Wildman–Crippen MR) is 121 cm³/mol. The minimum Gasteiger partial charge on any atom is -0.484 e. The molecule has 0 aliphatic carbocycles. The first-order valence-electron chi connectivity index (χ1n) is 9.81. The van der Waals surface area contributed by atoms with E-state index >= 15 is 0 Å². The van der Waals surface area contributed by atoms with E-state index in [4.69, 9.17) is 4.74 Å². The zero-order valence-corrected chi connectivity index (χ0v) is 17.0. The van der Waals surface area contributed by atoms with Gasteiger partial charge in [-0.3, -0.25) is 9.59 Å². The van der Waals surface area contributed by atoms with Crippen molar-refractivity contribution in [1.29, 1.82) is 0 Å². The number of nitrogens with zero attached hydrogens (tertiary/aromatic N) is 2. The van der Waals surface area contributed by atoms with Crippen LogP contribution in [0.1, 0.15) is 0 Å². The zero-order valence-electron chi connectivity index (χ0n) is 17.0. The molecule has 4 aromatic rings. The SMILES string of the molecule is Cn1nc(-c2ccc(NC(=O)COc3ccc(-c4ccccc4)cc3)cc2)ccc1=O. The Morgan fingerprint density at radius 1 is 0.839 bits per heavy atom.